The number of phenolic OH excluding ortho intramolecular Hbond substituents is 1. The molecular weight excluding hydrogens is 382 g/mol. The van der Waals surface area contributed by atoms with Crippen LogP contribution in [-0.4, -0.2) is 25.2 Å². The Morgan fingerprint density at radius 1 is 1.21 bits per heavy atom. The first-order valence-corrected chi connectivity index (χ1v) is 10.0. The summed E-state index contributed by atoms with van der Waals surface area (Å²) < 4.78 is 29.3. The van der Waals surface area contributed by atoms with Gasteiger partial charge in [0.05, 0.1) is 27.3 Å². The van der Waals surface area contributed by atoms with Gasteiger partial charge >= 0.3 is 0 Å². The van der Waals surface area contributed by atoms with E-state index in [9.17, 15) is 23.1 Å². The maximum atomic E-state index is 12.4. The molecule has 0 aliphatic rings. The lowest BCUT2D eigenvalue weighted by Gasteiger charge is -2.08. The number of benzene rings is 2. The molecule has 0 aliphatic heterocycles. The third-order valence-corrected chi connectivity index (χ3v) is 5.82. The molecule has 8 heteroatoms. The first-order valence-electron chi connectivity index (χ1n) is 8.37. The second-order valence-corrected chi connectivity index (χ2v) is 8.20. The van der Waals surface area contributed by atoms with E-state index >= 15 is 0 Å². The van der Waals surface area contributed by atoms with Gasteiger partial charge in [-0.05, 0) is 36.4 Å². The molecule has 1 amide bonds. The number of rotatable bonds is 5. The molecule has 28 heavy (non-hydrogen) atoms. The maximum Gasteiger partial charge on any atom is 0.248 e. The van der Waals surface area contributed by atoms with Crippen LogP contribution < -0.4 is 10.7 Å². The van der Waals surface area contributed by atoms with E-state index in [0.717, 1.165) is 6.08 Å². The van der Waals surface area contributed by atoms with Crippen LogP contribution in [0, 0.1) is 0 Å². The number of carbonyl (C=O) groups is 1. The zero-order valence-corrected chi connectivity index (χ0v) is 15.7. The molecule has 1 heterocycles. The largest absolute Gasteiger partial charge is 0.506 e. The van der Waals surface area contributed by atoms with Crippen LogP contribution in [-0.2, 0) is 14.6 Å². The molecular formula is C20H17NO6S. The Morgan fingerprint density at radius 2 is 1.96 bits per heavy atom. The SMILES string of the molecule is CCS(=O)(=O)c1ccc(O)c(NC(=O)/C=C/c2coc3ccccc3c2=O)c1. The van der Waals surface area contributed by atoms with Crippen LogP contribution in [0.5, 0.6) is 5.75 Å². The topological polar surface area (TPSA) is 114 Å². The van der Waals surface area contributed by atoms with Gasteiger partial charge in [-0.3, -0.25) is 9.59 Å². The average molecular weight is 399 g/mol. The molecule has 2 aromatic carbocycles. The monoisotopic (exact) mass is 399 g/mol. The lowest BCUT2D eigenvalue weighted by Crippen LogP contribution is -2.10. The summed E-state index contributed by atoms with van der Waals surface area (Å²) in [5.41, 5.74) is 0.285. The molecule has 7 nitrogen and oxygen atoms in total. The van der Waals surface area contributed by atoms with Crippen molar-refractivity contribution in [3.05, 3.63) is 70.6 Å². The van der Waals surface area contributed by atoms with E-state index in [2.05, 4.69) is 5.32 Å². The molecule has 0 bridgehead atoms. The van der Waals surface area contributed by atoms with E-state index in [-0.39, 0.29) is 33.1 Å². The number of hydrogen-bond donors (Lipinski definition) is 2. The molecule has 0 saturated heterocycles. The Labute approximate surface area is 160 Å². The lowest BCUT2D eigenvalue weighted by atomic mass is 10.1. The van der Waals surface area contributed by atoms with Crippen LogP contribution in [0.25, 0.3) is 17.0 Å². The van der Waals surface area contributed by atoms with E-state index in [1.165, 1.54) is 37.5 Å². The Balaban J connectivity index is 1.84. The van der Waals surface area contributed by atoms with Gasteiger partial charge in [0.2, 0.25) is 5.91 Å². The van der Waals surface area contributed by atoms with Crippen molar-refractivity contribution in [2.24, 2.45) is 0 Å². The van der Waals surface area contributed by atoms with Crippen molar-refractivity contribution in [2.45, 2.75) is 11.8 Å². The van der Waals surface area contributed by atoms with Crippen molar-refractivity contribution in [3.8, 4) is 5.75 Å². The number of nitrogens with one attached hydrogen (secondary N) is 1. The van der Waals surface area contributed by atoms with Gasteiger partial charge in [-0.2, -0.15) is 0 Å². The van der Waals surface area contributed by atoms with Gasteiger partial charge in [-0.25, -0.2) is 8.42 Å². The fraction of sp³-hybridized carbons (Fsp3) is 0.100. The van der Waals surface area contributed by atoms with Crippen molar-refractivity contribution < 1.29 is 22.7 Å². The summed E-state index contributed by atoms with van der Waals surface area (Å²) in [6.45, 7) is 1.50. The van der Waals surface area contributed by atoms with Crippen LogP contribution in [0.4, 0.5) is 5.69 Å². The van der Waals surface area contributed by atoms with E-state index in [1.807, 2.05) is 0 Å². The molecule has 0 radical (unpaired) electrons. The number of anilines is 1. The standard InChI is InChI=1S/C20H17NO6S/c1-2-28(25,26)14-8-9-17(22)16(11-14)21-19(23)10-7-13-12-27-18-6-4-3-5-15(18)20(13)24/h3-12,22H,2H2,1H3,(H,21,23)/b10-7+. The zero-order chi connectivity index (χ0) is 20.3. The third-order valence-electron chi connectivity index (χ3n) is 4.09. The predicted molar refractivity (Wildman–Crippen MR) is 106 cm³/mol. The van der Waals surface area contributed by atoms with Crippen LogP contribution >= 0.6 is 0 Å². The minimum absolute atomic E-state index is 0.0118. The molecule has 0 unspecified atom stereocenters. The van der Waals surface area contributed by atoms with Gasteiger partial charge in [0.25, 0.3) is 0 Å². The minimum Gasteiger partial charge on any atom is -0.506 e. The number of amides is 1. The van der Waals surface area contributed by atoms with Gasteiger partial charge in [0.15, 0.2) is 15.3 Å². The Kier molecular flexibility index (Phi) is 5.32. The Morgan fingerprint density at radius 3 is 2.71 bits per heavy atom. The highest BCUT2D eigenvalue weighted by atomic mass is 32.2. The summed E-state index contributed by atoms with van der Waals surface area (Å²) in [6, 6.07) is 10.4. The Bertz CT molecular complexity index is 1240. The van der Waals surface area contributed by atoms with Crippen LogP contribution in [0.3, 0.4) is 0 Å². The molecule has 0 fully saturated rings. The average Bonchev–Trinajstić information content (AvgIpc) is 2.69. The summed E-state index contributed by atoms with van der Waals surface area (Å²) in [5.74, 6) is -1.03. The highest BCUT2D eigenvalue weighted by molar-refractivity contribution is 7.91. The van der Waals surface area contributed by atoms with Gasteiger partial charge in [-0.15, -0.1) is 0 Å². The van der Waals surface area contributed by atoms with Crippen molar-refractivity contribution >= 4 is 38.5 Å². The predicted octanol–water partition coefficient (Wildman–Crippen LogP) is 2.94. The highest BCUT2D eigenvalue weighted by Gasteiger charge is 2.15. The molecule has 0 atom stereocenters. The molecule has 3 aromatic rings. The van der Waals surface area contributed by atoms with Crippen molar-refractivity contribution in [1.82, 2.24) is 0 Å². The van der Waals surface area contributed by atoms with E-state index in [4.69, 9.17) is 4.42 Å². The number of phenols is 1. The number of fused-ring (bicyclic) bond motifs is 1. The highest BCUT2D eigenvalue weighted by Crippen LogP contribution is 2.27. The van der Waals surface area contributed by atoms with Gasteiger partial charge in [-0.1, -0.05) is 19.1 Å². The van der Waals surface area contributed by atoms with Crippen molar-refractivity contribution in [3.63, 3.8) is 0 Å². The van der Waals surface area contributed by atoms with Crippen LogP contribution in [0.1, 0.15) is 12.5 Å². The van der Waals surface area contributed by atoms with Crippen LogP contribution in [0.2, 0.25) is 0 Å². The summed E-state index contributed by atoms with van der Waals surface area (Å²) in [4.78, 5) is 24.5. The summed E-state index contributed by atoms with van der Waals surface area (Å²) in [7, 11) is -3.49. The Hall–Kier alpha value is -3.39. The lowest BCUT2D eigenvalue weighted by molar-refractivity contribution is -0.111. The van der Waals surface area contributed by atoms with Gasteiger partial charge in [0, 0.05) is 6.08 Å². The molecule has 0 spiro atoms. The number of hydrogen-bond acceptors (Lipinski definition) is 6. The zero-order valence-electron chi connectivity index (χ0n) is 14.9. The fourth-order valence-corrected chi connectivity index (χ4v) is 3.43. The summed E-state index contributed by atoms with van der Waals surface area (Å²) >= 11 is 0. The van der Waals surface area contributed by atoms with Crippen LogP contribution in [0.15, 0.2) is 68.9 Å². The number of carbonyl (C=O) groups excluding carboxylic acids is 1. The molecule has 1 aromatic heterocycles. The molecule has 2 N–H and O–H groups in total. The maximum absolute atomic E-state index is 12.4. The number of aromatic hydroxyl groups is 1. The van der Waals surface area contributed by atoms with E-state index in [0.29, 0.717) is 11.0 Å². The third kappa shape index (κ3) is 3.96. The van der Waals surface area contributed by atoms with Gasteiger partial charge in [0.1, 0.15) is 17.6 Å². The molecule has 0 saturated carbocycles. The first-order chi connectivity index (χ1) is 13.3. The summed E-state index contributed by atoms with van der Waals surface area (Å²) in [5, 5.41) is 12.7. The molecule has 3 rings (SSSR count). The smallest absolute Gasteiger partial charge is 0.248 e. The quantitative estimate of drug-likeness (QED) is 0.504. The number of para-hydroxylation sites is 1. The summed E-state index contributed by atoms with van der Waals surface area (Å²) in [6.07, 6.45) is 3.64. The normalized spacial score (nSPS) is 11.8. The van der Waals surface area contributed by atoms with Crippen molar-refractivity contribution in [2.75, 3.05) is 11.1 Å². The van der Waals surface area contributed by atoms with E-state index in [1.54, 1.807) is 24.3 Å². The minimum atomic E-state index is -3.49. The second kappa shape index (κ2) is 7.69. The fourth-order valence-electron chi connectivity index (χ4n) is 2.52. The first kappa shape index (κ1) is 19.4. The molecule has 144 valence electrons. The number of sulfone groups is 1. The van der Waals surface area contributed by atoms with E-state index < -0.39 is 15.7 Å². The van der Waals surface area contributed by atoms with Crippen molar-refractivity contribution in [1.29, 1.82) is 0 Å². The second-order valence-electron chi connectivity index (χ2n) is 5.92. The molecule has 0 aliphatic carbocycles. The van der Waals surface area contributed by atoms with Gasteiger partial charge < -0.3 is 14.8 Å².